The van der Waals surface area contributed by atoms with Crippen molar-refractivity contribution in [2.75, 3.05) is 4.90 Å². The van der Waals surface area contributed by atoms with Crippen molar-refractivity contribution in [2.24, 2.45) is 0 Å². The van der Waals surface area contributed by atoms with Crippen LogP contribution < -0.4 is 9.64 Å². The fourth-order valence-corrected chi connectivity index (χ4v) is 3.73. The zero-order valence-electron chi connectivity index (χ0n) is 16.8. The molecule has 0 aliphatic carbocycles. The van der Waals surface area contributed by atoms with Gasteiger partial charge in [0.1, 0.15) is 5.75 Å². The van der Waals surface area contributed by atoms with E-state index in [2.05, 4.69) is 25.6 Å². The number of rotatable bonds is 5. The van der Waals surface area contributed by atoms with Crippen molar-refractivity contribution in [3.63, 3.8) is 0 Å². The average molecular weight is 420 g/mol. The molecule has 0 N–H and O–H groups in total. The Morgan fingerprint density at radius 3 is 2.71 bits per heavy atom. The lowest BCUT2D eigenvalue weighted by molar-refractivity contribution is -0.0500. The number of nitrogens with zero attached hydrogens (tertiary/aromatic N) is 4. The highest BCUT2D eigenvalue weighted by molar-refractivity contribution is 6.11. The first-order chi connectivity index (χ1) is 14.9. The van der Waals surface area contributed by atoms with Crippen LogP contribution in [0.2, 0.25) is 0 Å². The third-order valence-corrected chi connectivity index (χ3v) is 5.06. The lowest BCUT2D eigenvalue weighted by Crippen LogP contribution is -2.26. The first-order valence-electron chi connectivity index (χ1n) is 9.51. The van der Waals surface area contributed by atoms with Crippen molar-refractivity contribution in [3.05, 3.63) is 65.4 Å². The van der Waals surface area contributed by atoms with Crippen LogP contribution in [0.4, 0.5) is 14.5 Å². The molecule has 4 rings (SSSR count). The maximum absolute atomic E-state index is 13.2. The molecule has 0 aromatic carbocycles. The van der Waals surface area contributed by atoms with Gasteiger partial charge in [0.25, 0.3) is 5.91 Å². The molecule has 0 fully saturated rings. The number of aromatic nitrogens is 3. The Morgan fingerprint density at radius 1 is 1.19 bits per heavy atom. The second kappa shape index (κ2) is 8.11. The van der Waals surface area contributed by atoms with E-state index in [1.165, 1.54) is 18.5 Å². The topological polar surface area (TPSA) is 68.2 Å². The standard InChI is InChI=1S/C23H18F2N4O2/c1-4-5-15-7-17(11-26-9-15)29-14(3)21-20(22(29)30)13(2)6-19(28-21)16-8-18(12-27-10-16)31-23(24)25/h1,6-12,14,23H,5H2,2-3H3. The third kappa shape index (κ3) is 3.82. The van der Waals surface area contributed by atoms with E-state index in [0.717, 1.165) is 11.1 Å². The quantitative estimate of drug-likeness (QED) is 0.574. The monoisotopic (exact) mass is 420 g/mol. The zero-order chi connectivity index (χ0) is 22.1. The molecule has 31 heavy (non-hydrogen) atoms. The van der Waals surface area contributed by atoms with Gasteiger partial charge in [0.05, 0.1) is 41.1 Å². The molecule has 0 saturated carbocycles. The number of halogens is 2. The maximum atomic E-state index is 13.2. The molecule has 0 bridgehead atoms. The van der Waals surface area contributed by atoms with Crippen molar-refractivity contribution in [2.45, 2.75) is 32.9 Å². The molecule has 1 unspecified atom stereocenters. The third-order valence-electron chi connectivity index (χ3n) is 5.06. The highest BCUT2D eigenvalue weighted by Gasteiger charge is 2.38. The van der Waals surface area contributed by atoms with Crippen LogP contribution in [-0.4, -0.2) is 27.5 Å². The van der Waals surface area contributed by atoms with Gasteiger partial charge in [-0.2, -0.15) is 8.78 Å². The van der Waals surface area contributed by atoms with Gasteiger partial charge in [-0.25, -0.2) is 4.98 Å². The number of terminal acetylenes is 1. The number of hydrogen-bond acceptors (Lipinski definition) is 5. The first-order valence-corrected chi connectivity index (χ1v) is 9.51. The fraction of sp³-hybridized carbons (Fsp3) is 0.217. The number of anilines is 1. The minimum absolute atomic E-state index is 0.0606. The number of amides is 1. The number of fused-ring (bicyclic) bond motifs is 1. The lowest BCUT2D eigenvalue weighted by atomic mass is 10.0. The molecule has 156 valence electrons. The molecule has 8 heteroatoms. The Hall–Kier alpha value is -3.86. The van der Waals surface area contributed by atoms with Crippen LogP contribution in [0.5, 0.6) is 5.75 Å². The van der Waals surface area contributed by atoms with E-state index in [1.54, 1.807) is 23.4 Å². The Labute approximate surface area is 177 Å². The molecular formula is C23H18F2N4O2. The number of hydrogen-bond donors (Lipinski definition) is 0. The summed E-state index contributed by atoms with van der Waals surface area (Å²) >= 11 is 0. The van der Waals surface area contributed by atoms with Gasteiger partial charge < -0.3 is 4.74 Å². The molecule has 3 aromatic rings. The van der Waals surface area contributed by atoms with Crippen LogP contribution in [0.25, 0.3) is 11.3 Å². The summed E-state index contributed by atoms with van der Waals surface area (Å²) in [6, 6.07) is 4.68. The van der Waals surface area contributed by atoms with Crippen molar-refractivity contribution < 1.29 is 18.3 Å². The highest BCUT2D eigenvalue weighted by atomic mass is 19.3. The summed E-state index contributed by atoms with van der Waals surface area (Å²) in [5.41, 5.74) is 4.35. The SMILES string of the molecule is C#CCc1cncc(N2C(=O)c3c(C)cc(-c4cncc(OC(F)F)c4)nc3C2C)c1. The fourth-order valence-electron chi connectivity index (χ4n) is 3.73. The summed E-state index contributed by atoms with van der Waals surface area (Å²) in [6.07, 6.45) is 11.8. The first kappa shape index (κ1) is 20.4. The Bertz CT molecular complexity index is 1210. The van der Waals surface area contributed by atoms with Crippen molar-refractivity contribution >= 4 is 11.6 Å². The van der Waals surface area contributed by atoms with Crippen molar-refractivity contribution in [3.8, 4) is 29.4 Å². The molecule has 3 aromatic heterocycles. The highest BCUT2D eigenvalue weighted by Crippen LogP contribution is 2.39. The predicted molar refractivity (Wildman–Crippen MR) is 111 cm³/mol. The van der Waals surface area contributed by atoms with Crippen molar-refractivity contribution in [1.82, 2.24) is 15.0 Å². The minimum Gasteiger partial charge on any atom is -0.433 e. The second-order valence-electron chi connectivity index (χ2n) is 7.16. The number of aryl methyl sites for hydroxylation is 1. The average Bonchev–Trinajstić information content (AvgIpc) is 2.98. The summed E-state index contributed by atoms with van der Waals surface area (Å²) in [4.78, 5) is 27.7. The van der Waals surface area contributed by atoms with E-state index in [4.69, 9.17) is 6.42 Å². The van der Waals surface area contributed by atoms with E-state index < -0.39 is 6.61 Å². The molecule has 1 amide bonds. The van der Waals surface area contributed by atoms with Gasteiger partial charge in [0, 0.05) is 24.4 Å². The van der Waals surface area contributed by atoms with Crippen molar-refractivity contribution in [1.29, 1.82) is 0 Å². The van der Waals surface area contributed by atoms with Gasteiger partial charge >= 0.3 is 6.61 Å². The molecule has 1 atom stereocenters. The molecule has 1 aliphatic heterocycles. The molecule has 4 heterocycles. The van der Waals surface area contributed by atoms with Gasteiger partial charge in [-0.1, -0.05) is 0 Å². The van der Waals surface area contributed by atoms with Crippen LogP contribution in [0.15, 0.2) is 43.0 Å². The summed E-state index contributed by atoms with van der Waals surface area (Å²) < 4.78 is 29.5. The summed E-state index contributed by atoms with van der Waals surface area (Å²) in [5.74, 6) is 2.34. The van der Waals surface area contributed by atoms with Crippen LogP contribution in [-0.2, 0) is 6.42 Å². The van der Waals surface area contributed by atoms with E-state index in [-0.39, 0.29) is 17.7 Å². The van der Waals surface area contributed by atoms with Gasteiger partial charge in [-0.3, -0.25) is 19.7 Å². The number of carbonyl (C=O) groups excluding carboxylic acids is 1. The van der Waals surface area contributed by atoms with E-state index >= 15 is 0 Å². The molecule has 0 radical (unpaired) electrons. The number of alkyl halides is 2. The largest absolute Gasteiger partial charge is 0.433 e. The van der Waals surface area contributed by atoms with Gasteiger partial charge in [0.15, 0.2) is 0 Å². The number of ether oxygens (including phenoxy) is 1. The van der Waals surface area contributed by atoms with E-state index in [0.29, 0.717) is 34.6 Å². The molecule has 1 aliphatic rings. The Kier molecular flexibility index (Phi) is 5.34. The van der Waals surface area contributed by atoms with Gasteiger partial charge in [0.2, 0.25) is 0 Å². The second-order valence-corrected chi connectivity index (χ2v) is 7.16. The maximum Gasteiger partial charge on any atom is 0.387 e. The number of pyridine rings is 3. The molecule has 0 spiro atoms. The molecule has 0 saturated heterocycles. The van der Waals surface area contributed by atoms with Crippen LogP contribution >= 0.6 is 0 Å². The molecular weight excluding hydrogens is 402 g/mol. The molecule has 6 nitrogen and oxygen atoms in total. The Balaban J connectivity index is 1.74. The summed E-state index contributed by atoms with van der Waals surface area (Å²) in [7, 11) is 0. The Morgan fingerprint density at radius 2 is 1.97 bits per heavy atom. The minimum atomic E-state index is -2.95. The predicted octanol–water partition coefficient (Wildman–Crippen LogP) is 4.35. The number of carbonyl (C=O) groups is 1. The summed E-state index contributed by atoms with van der Waals surface area (Å²) in [5, 5.41) is 0. The zero-order valence-corrected chi connectivity index (χ0v) is 16.8. The van der Waals surface area contributed by atoms with E-state index in [1.807, 2.05) is 19.9 Å². The smallest absolute Gasteiger partial charge is 0.387 e. The summed E-state index contributed by atoms with van der Waals surface area (Å²) in [6.45, 7) is 0.748. The van der Waals surface area contributed by atoms with E-state index in [9.17, 15) is 13.6 Å². The van der Waals surface area contributed by atoms with Crippen LogP contribution in [0, 0.1) is 19.3 Å². The lowest BCUT2D eigenvalue weighted by Gasteiger charge is -2.21. The van der Waals surface area contributed by atoms with Crippen LogP contribution in [0.3, 0.4) is 0 Å². The van der Waals surface area contributed by atoms with Gasteiger partial charge in [-0.15, -0.1) is 12.3 Å². The normalized spacial score (nSPS) is 15.2. The van der Waals surface area contributed by atoms with Crippen LogP contribution in [0.1, 0.15) is 40.1 Å². The van der Waals surface area contributed by atoms with Gasteiger partial charge in [-0.05, 0) is 43.2 Å².